The van der Waals surface area contributed by atoms with E-state index in [0.717, 1.165) is 29.7 Å². The van der Waals surface area contributed by atoms with Gasteiger partial charge in [0.1, 0.15) is 0 Å². The number of rotatable bonds is 6. The van der Waals surface area contributed by atoms with E-state index in [-0.39, 0.29) is 17.8 Å². The predicted octanol–water partition coefficient (Wildman–Crippen LogP) is 3.49. The molecule has 0 atom stereocenters. The number of hydrogen-bond acceptors (Lipinski definition) is 3. The highest BCUT2D eigenvalue weighted by molar-refractivity contribution is 5.89. The predicted molar refractivity (Wildman–Crippen MR) is 113 cm³/mol. The Morgan fingerprint density at radius 1 is 1.10 bits per heavy atom. The van der Waals surface area contributed by atoms with E-state index in [9.17, 15) is 9.59 Å². The lowest BCUT2D eigenvalue weighted by atomic mass is 10.1. The van der Waals surface area contributed by atoms with Crippen LogP contribution in [0.3, 0.4) is 0 Å². The monoisotopic (exact) mass is 391 g/mol. The van der Waals surface area contributed by atoms with E-state index in [2.05, 4.69) is 15.7 Å². The summed E-state index contributed by atoms with van der Waals surface area (Å²) in [5.74, 6) is 0.692. The molecule has 2 amide bonds. The fourth-order valence-electron chi connectivity index (χ4n) is 3.28. The van der Waals surface area contributed by atoms with E-state index in [1.54, 1.807) is 4.57 Å². The zero-order chi connectivity index (χ0) is 20.4. The van der Waals surface area contributed by atoms with Gasteiger partial charge in [-0.15, -0.1) is 5.10 Å². The molecule has 1 heterocycles. The second kappa shape index (κ2) is 7.95. The summed E-state index contributed by atoms with van der Waals surface area (Å²) in [7, 11) is 0. The highest BCUT2D eigenvalue weighted by Crippen LogP contribution is 2.36. The highest BCUT2D eigenvalue weighted by atomic mass is 16.2. The molecular formula is C22H25N5O2. The summed E-state index contributed by atoms with van der Waals surface area (Å²) in [6.07, 6.45) is 2.00. The molecule has 1 fully saturated rings. The van der Waals surface area contributed by atoms with Crippen LogP contribution in [0.25, 0.3) is 11.4 Å². The topological polar surface area (TPSA) is 81.0 Å². The third-order valence-corrected chi connectivity index (χ3v) is 5.19. The van der Waals surface area contributed by atoms with E-state index in [0.29, 0.717) is 18.9 Å². The summed E-state index contributed by atoms with van der Waals surface area (Å²) in [6, 6.07) is 15.4. The molecule has 2 aromatic carbocycles. The third kappa shape index (κ3) is 4.23. The Kier molecular flexibility index (Phi) is 5.20. The summed E-state index contributed by atoms with van der Waals surface area (Å²) in [5, 5.41) is 10.2. The first-order chi connectivity index (χ1) is 14.0. The van der Waals surface area contributed by atoms with E-state index >= 15 is 0 Å². The van der Waals surface area contributed by atoms with Gasteiger partial charge in [-0.3, -0.25) is 4.57 Å². The van der Waals surface area contributed by atoms with Gasteiger partial charge in [0.05, 0.1) is 6.54 Å². The largest absolute Gasteiger partial charge is 0.346 e. The number of amides is 2. The van der Waals surface area contributed by atoms with Crippen LogP contribution in [0.2, 0.25) is 0 Å². The van der Waals surface area contributed by atoms with Crippen molar-refractivity contribution in [2.45, 2.75) is 39.3 Å². The number of anilines is 1. The normalized spacial score (nSPS) is 13.3. The molecule has 1 saturated carbocycles. The molecule has 1 aliphatic carbocycles. The summed E-state index contributed by atoms with van der Waals surface area (Å²) in [6.45, 7) is 4.66. The van der Waals surface area contributed by atoms with Crippen LogP contribution >= 0.6 is 0 Å². The molecule has 2 N–H and O–H groups in total. The lowest BCUT2D eigenvalue weighted by molar-refractivity contribution is 0.251. The molecule has 150 valence electrons. The summed E-state index contributed by atoms with van der Waals surface area (Å²) >= 11 is 0. The maximum atomic E-state index is 12.8. The number of nitrogens with one attached hydrogen (secondary N) is 2. The molecular weight excluding hydrogens is 366 g/mol. The summed E-state index contributed by atoms with van der Waals surface area (Å²) < 4.78 is 3.22. The minimum absolute atomic E-state index is 0.122. The van der Waals surface area contributed by atoms with Gasteiger partial charge in [0.15, 0.2) is 5.82 Å². The van der Waals surface area contributed by atoms with Gasteiger partial charge in [-0.05, 0) is 49.9 Å². The zero-order valence-corrected chi connectivity index (χ0v) is 16.7. The Hall–Kier alpha value is -3.35. The number of aryl methyl sites for hydroxylation is 2. The molecule has 1 aliphatic rings. The molecule has 4 rings (SSSR count). The number of aromatic nitrogens is 3. The molecule has 0 unspecified atom stereocenters. The van der Waals surface area contributed by atoms with Crippen LogP contribution in [-0.4, -0.2) is 26.9 Å². The van der Waals surface area contributed by atoms with Crippen molar-refractivity contribution in [3.63, 3.8) is 0 Å². The van der Waals surface area contributed by atoms with Crippen molar-refractivity contribution in [1.29, 1.82) is 0 Å². The Balaban J connectivity index is 1.41. The van der Waals surface area contributed by atoms with Gasteiger partial charge in [0.2, 0.25) is 0 Å². The second-order valence-electron chi connectivity index (χ2n) is 7.48. The van der Waals surface area contributed by atoms with Crippen molar-refractivity contribution < 1.29 is 4.79 Å². The first-order valence-electron chi connectivity index (χ1n) is 9.90. The molecule has 0 aliphatic heterocycles. The molecule has 3 aromatic rings. The second-order valence-corrected chi connectivity index (χ2v) is 7.48. The maximum absolute atomic E-state index is 12.8. The van der Waals surface area contributed by atoms with Crippen molar-refractivity contribution in [1.82, 2.24) is 19.7 Å². The van der Waals surface area contributed by atoms with E-state index < -0.39 is 0 Å². The molecule has 29 heavy (non-hydrogen) atoms. The number of urea groups is 1. The lowest BCUT2D eigenvalue weighted by Crippen LogP contribution is -2.34. The highest BCUT2D eigenvalue weighted by Gasteiger charge is 2.30. The van der Waals surface area contributed by atoms with Gasteiger partial charge >= 0.3 is 11.7 Å². The van der Waals surface area contributed by atoms with Gasteiger partial charge in [-0.2, -0.15) is 0 Å². The average Bonchev–Trinajstić information content (AvgIpc) is 3.49. The van der Waals surface area contributed by atoms with Crippen molar-refractivity contribution in [2.75, 3.05) is 11.9 Å². The average molecular weight is 391 g/mol. The Labute approximate surface area is 169 Å². The summed E-state index contributed by atoms with van der Waals surface area (Å²) in [5.41, 5.74) is 3.84. The van der Waals surface area contributed by atoms with Gasteiger partial charge in [0, 0.05) is 23.8 Å². The van der Waals surface area contributed by atoms with Crippen LogP contribution in [-0.2, 0) is 6.54 Å². The van der Waals surface area contributed by atoms with Gasteiger partial charge < -0.3 is 10.6 Å². The van der Waals surface area contributed by atoms with E-state index in [1.807, 2.05) is 62.4 Å². The maximum Gasteiger partial charge on any atom is 0.346 e. The van der Waals surface area contributed by atoms with Crippen LogP contribution in [0.4, 0.5) is 10.5 Å². The smallest absolute Gasteiger partial charge is 0.336 e. The van der Waals surface area contributed by atoms with Crippen LogP contribution in [0.15, 0.2) is 53.3 Å². The minimum Gasteiger partial charge on any atom is -0.336 e. The fourth-order valence-corrected chi connectivity index (χ4v) is 3.28. The number of nitrogens with zero attached hydrogens (tertiary/aromatic N) is 3. The number of carbonyl (C=O) groups is 1. The molecule has 7 nitrogen and oxygen atoms in total. The van der Waals surface area contributed by atoms with Crippen molar-refractivity contribution in [2.24, 2.45) is 0 Å². The van der Waals surface area contributed by atoms with Crippen LogP contribution < -0.4 is 16.3 Å². The molecule has 1 aromatic heterocycles. The third-order valence-electron chi connectivity index (χ3n) is 5.19. The van der Waals surface area contributed by atoms with Crippen molar-refractivity contribution in [3.8, 4) is 11.4 Å². The van der Waals surface area contributed by atoms with E-state index in [1.165, 1.54) is 10.2 Å². The summed E-state index contributed by atoms with van der Waals surface area (Å²) in [4.78, 5) is 25.0. The van der Waals surface area contributed by atoms with Gasteiger partial charge in [-0.25, -0.2) is 14.3 Å². The van der Waals surface area contributed by atoms with Gasteiger partial charge in [0.25, 0.3) is 0 Å². The Morgan fingerprint density at radius 3 is 2.55 bits per heavy atom. The van der Waals surface area contributed by atoms with Crippen LogP contribution in [0.1, 0.15) is 30.0 Å². The first kappa shape index (κ1) is 19.0. The Bertz CT molecular complexity index is 1080. The number of hydrogen-bond donors (Lipinski definition) is 2. The standard InChI is InChI=1S/C22H25N5O2/c1-15-8-9-18(14-16(15)2)24-21(28)23-12-13-26-22(29)27(19-10-11-19)20(25-26)17-6-4-3-5-7-17/h3-9,14,19H,10-13H2,1-2H3,(H2,23,24,28). The molecule has 0 bridgehead atoms. The zero-order valence-electron chi connectivity index (χ0n) is 16.7. The number of carbonyl (C=O) groups excluding carboxylic acids is 1. The molecule has 7 heteroatoms. The van der Waals surface area contributed by atoms with Crippen LogP contribution in [0, 0.1) is 13.8 Å². The van der Waals surface area contributed by atoms with E-state index in [4.69, 9.17) is 0 Å². The first-order valence-corrected chi connectivity index (χ1v) is 9.90. The minimum atomic E-state index is -0.300. The molecule has 0 radical (unpaired) electrons. The quantitative estimate of drug-likeness (QED) is 0.675. The van der Waals surface area contributed by atoms with Crippen molar-refractivity contribution >= 4 is 11.7 Å². The van der Waals surface area contributed by atoms with Crippen LogP contribution in [0.5, 0.6) is 0 Å². The SMILES string of the molecule is Cc1ccc(NC(=O)NCCn2nc(-c3ccccc3)n(C3CC3)c2=O)cc1C. The molecule has 0 spiro atoms. The Morgan fingerprint density at radius 2 is 1.86 bits per heavy atom. The molecule has 0 saturated heterocycles. The lowest BCUT2D eigenvalue weighted by Gasteiger charge is -2.09. The van der Waals surface area contributed by atoms with Crippen molar-refractivity contribution in [3.05, 3.63) is 70.1 Å². The fraction of sp³-hybridized carbons (Fsp3) is 0.318. The van der Waals surface area contributed by atoms with Gasteiger partial charge in [-0.1, -0.05) is 36.4 Å². The number of benzene rings is 2.